The number of carboxylic acids is 1. The Kier molecular flexibility index (Phi) is 5.16. The molecule has 33 heavy (non-hydrogen) atoms. The highest BCUT2D eigenvalue weighted by molar-refractivity contribution is 7.16. The molecule has 0 radical (unpaired) electrons. The number of nitrogens with two attached hydrogens (primary N) is 1. The maximum absolute atomic E-state index is 12.9. The van der Waals surface area contributed by atoms with Crippen molar-refractivity contribution in [2.75, 3.05) is 7.11 Å². The molecule has 2 aliphatic carbocycles. The third-order valence-electron chi connectivity index (χ3n) is 6.03. The Bertz CT molecular complexity index is 1400. The van der Waals surface area contributed by atoms with Crippen LogP contribution in [0.1, 0.15) is 52.5 Å². The minimum absolute atomic E-state index is 0.144. The number of urea groups is 1. The van der Waals surface area contributed by atoms with Gasteiger partial charge in [-0.05, 0) is 50.3 Å². The molecule has 0 atom stereocenters. The summed E-state index contributed by atoms with van der Waals surface area (Å²) in [6.07, 6.45) is 5.84. The van der Waals surface area contributed by atoms with Crippen LogP contribution in [0.2, 0.25) is 0 Å². The largest absolute Gasteiger partial charge is 0.494 e. The Morgan fingerprint density at radius 1 is 1.27 bits per heavy atom. The van der Waals surface area contributed by atoms with Gasteiger partial charge in [0.25, 0.3) is 0 Å². The highest BCUT2D eigenvalue weighted by atomic mass is 32.1. The zero-order valence-electron chi connectivity index (χ0n) is 17.9. The molecule has 2 aromatic heterocycles. The number of fused-ring (bicyclic) bond motifs is 2. The van der Waals surface area contributed by atoms with Crippen molar-refractivity contribution >= 4 is 40.0 Å². The number of carboxylic acid groups (broad SMARTS) is 1. The monoisotopic (exact) mass is 466 g/mol. The molecule has 0 saturated heterocycles. The van der Waals surface area contributed by atoms with Crippen LogP contribution in [0.3, 0.4) is 0 Å². The number of nitrogens with zero attached hydrogens (tertiary/aromatic N) is 2. The maximum Gasteiger partial charge on any atom is 0.341 e. The summed E-state index contributed by atoms with van der Waals surface area (Å²) in [5.74, 6) is -0.692. The van der Waals surface area contributed by atoms with Gasteiger partial charge in [-0.1, -0.05) is 0 Å². The van der Waals surface area contributed by atoms with Crippen LogP contribution in [0.25, 0.3) is 21.3 Å². The maximum atomic E-state index is 12.9. The summed E-state index contributed by atoms with van der Waals surface area (Å²) in [6, 6.07) is 4.95. The minimum atomic E-state index is -1.23. The van der Waals surface area contributed by atoms with E-state index in [0.717, 1.165) is 58.7 Å². The van der Waals surface area contributed by atoms with Gasteiger partial charge in [0.2, 0.25) is 5.43 Å². The summed E-state index contributed by atoms with van der Waals surface area (Å²) < 4.78 is 7.70. The second kappa shape index (κ2) is 8.04. The van der Waals surface area contributed by atoms with E-state index < -0.39 is 17.4 Å². The van der Waals surface area contributed by atoms with Crippen molar-refractivity contribution in [3.63, 3.8) is 0 Å². The lowest BCUT2D eigenvalue weighted by molar-refractivity contribution is 0.0694. The van der Waals surface area contributed by atoms with Crippen LogP contribution in [0.4, 0.5) is 4.79 Å². The Labute approximate surface area is 192 Å². The second-order valence-corrected chi connectivity index (χ2v) is 9.33. The van der Waals surface area contributed by atoms with Crippen molar-refractivity contribution in [2.24, 2.45) is 10.8 Å². The number of primary amides is 1. The van der Waals surface area contributed by atoms with Gasteiger partial charge in [-0.3, -0.25) is 4.79 Å². The van der Waals surface area contributed by atoms with E-state index in [1.165, 1.54) is 6.20 Å². The lowest BCUT2D eigenvalue weighted by atomic mass is 9.96. The van der Waals surface area contributed by atoms with E-state index in [2.05, 4.69) is 10.5 Å². The van der Waals surface area contributed by atoms with Crippen molar-refractivity contribution in [3.8, 4) is 16.2 Å². The van der Waals surface area contributed by atoms with Gasteiger partial charge in [0.1, 0.15) is 5.56 Å². The van der Waals surface area contributed by atoms with Gasteiger partial charge in [0, 0.05) is 33.1 Å². The van der Waals surface area contributed by atoms with Gasteiger partial charge < -0.3 is 20.1 Å². The summed E-state index contributed by atoms with van der Waals surface area (Å²) >= 11 is 1.62. The van der Waals surface area contributed by atoms with Crippen LogP contribution < -0.4 is 21.3 Å². The van der Waals surface area contributed by atoms with E-state index in [9.17, 15) is 19.5 Å². The zero-order valence-corrected chi connectivity index (χ0v) is 18.7. The lowest BCUT2D eigenvalue weighted by Crippen LogP contribution is -2.26. The molecule has 2 aliphatic rings. The normalized spacial score (nSPS) is 16.6. The average Bonchev–Trinajstić information content (AvgIpc) is 3.54. The molecule has 0 spiro atoms. The standard InChI is InChI=1S/C23H22N4O5S/c1-32-21-12(18-9-14-16(25-26-23(24)31)3-2-4-17(14)33-18)7-8-13-19(21)27(11-5-6-11)10-15(20(13)28)22(29)30/h7-11H,2-6H2,1H3,(H,29,30)(H3,24,26,31)/b25-16-. The number of hydrazone groups is 1. The molecule has 0 unspecified atom stereocenters. The van der Waals surface area contributed by atoms with Crippen molar-refractivity contribution in [1.82, 2.24) is 9.99 Å². The Morgan fingerprint density at radius 3 is 2.73 bits per heavy atom. The number of carbonyl (C=O) groups excluding carboxylic acids is 1. The molecule has 0 bridgehead atoms. The van der Waals surface area contributed by atoms with E-state index >= 15 is 0 Å². The van der Waals surface area contributed by atoms with Gasteiger partial charge in [-0.15, -0.1) is 11.3 Å². The number of hydrogen-bond donors (Lipinski definition) is 3. The third-order valence-corrected chi connectivity index (χ3v) is 7.25. The number of amides is 2. The number of pyridine rings is 1. The van der Waals surface area contributed by atoms with Gasteiger partial charge in [0.15, 0.2) is 5.75 Å². The summed E-state index contributed by atoms with van der Waals surface area (Å²) in [7, 11) is 1.56. The average molecular weight is 467 g/mol. The molecule has 5 rings (SSSR count). The number of hydrogen-bond acceptors (Lipinski definition) is 6. The summed E-state index contributed by atoms with van der Waals surface area (Å²) in [6.45, 7) is 0. The van der Waals surface area contributed by atoms with E-state index in [0.29, 0.717) is 16.7 Å². The highest BCUT2D eigenvalue weighted by Crippen LogP contribution is 2.45. The molecule has 4 N–H and O–H groups in total. The lowest BCUT2D eigenvalue weighted by Gasteiger charge is -2.17. The number of thiophene rings is 1. The number of methoxy groups -OCH3 is 1. The van der Waals surface area contributed by atoms with Gasteiger partial charge in [-0.25, -0.2) is 15.0 Å². The fourth-order valence-electron chi connectivity index (χ4n) is 4.39. The van der Waals surface area contributed by atoms with Crippen molar-refractivity contribution < 1.29 is 19.4 Å². The first-order chi connectivity index (χ1) is 15.9. The van der Waals surface area contributed by atoms with E-state index in [4.69, 9.17) is 10.5 Å². The van der Waals surface area contributed by atoms with E-state index in [1.807, 2.05) is 10.6 Å². The first-order valence-electron chi connectivity index (χ1n) is 10.6. The predicted molar refractivity (Wildman–Crippen MR) is 125 cm³/mol. The molecule has 1 aromatic carbocycles. The van der Waals surface area contributed by atoms with E-state index in [1.54, 1.807) is 30.6 Å². The SMILES string of the molecule is COc1c(-c2cc3c(s2)CCC/C3=N/NC(N)=O)ccc2c(=O)c(C(=O)O)cn(C3CC3)c12. The van der Waals surface area contributed by atoms with Crippen LogP contribution in [0.5, 0.6) is 5.75 Å². The van der Waals surface area contributed by atoms with Crippen LogP contribution in [0, 0.1) is 0 Å². The van der Waals surface area contributed by atoms with Gasteiger partial charge >= 0.3 is 12.0 Å². The summed E-state index contributed by atoms with van der Waals surface area (Å²) in [5, 5.41) is 14.0. The Hall–Kier alpha value is -3.66. The first kappa shape index (κ1) is 21.2. The van der Waals surface area contributed by atoms with Gasteiger partial charge in [0.05, 0.1) is 23.7 Å². The van der Waals surface area contributed by atoms with Crippen LogP contribution >= 0.6 is 11.3 Å². The molecule has 10 heteroatoms. The molecule has 1 fully saturated rings. The molecule has 3 aromatic rings. The predicted octanol–water partition coefficient (Wildman–Crippen LogP) is 3.48. The fourth-order valence-corrected chi connectivity index (χ4v) is 5.64. The van der Waals surface area contributed by atoms with Crippen molar-refractivity contribution in [2.45, 2.75) is 38.1 Å². The molecular formula is C23H22N4O5S. The molecular weight excluding hydrogens is 444 g/mol. The number of aromatic nitrogens is 1. The number of rotatable bonds is 5. The number of carbonyl (C=O) groups is 2. The van der Waals surface area contributed by atoms with Crippen LogP contribution in [-0.2, 0) is 6.42 Å². The quantitative estimate of drug-likeness (QED) is 0.495. The van der Waals surface area contributed by atoms with Crippen molar-refractivity contribution in [1.29, 1.82) is 0 Å². The Balaban J connectivity index is 1.71. The van der Waals surface area contributed by atoms with Crippen LogP contribution in [0.15, 0.2) is 34.3 Å². The molecule has 2 amide bonds. The molecule has 0 aliphatic heterocycles. The number of nitrogens with one attached hydrogen (secondary N) is 1. The molecule has 170 valence electrons. The summed E-state index contributed by atoms with van der Waals surface area (Å²) in [4.78, 5) is 37.8. The molecule has 2 heterocycles. The molecule has 1 saturated carbocycles. The Morgan fingerprint density at radius 2 is 2.06 bits per heavy atom. The number of benzene rings is 1. The fraction of sp³-hybridized carbons (Fsp3) is 0.304. The number of aromatic carboxylic acids is 1. The first-order valence-corrected chi connectivity index (χ1v) is 11.4. The van der Waals surface area contributed by atoms with E-state index in [-0.39, 0.29) is 11.6 Å². The van der Waals surface area contributed by atoms with Crippen molar-refractivity contribution in [3.05, 3.63) is 50.6 Å². The zero-order chi connectivity index (χ0) is 23.3. The van der Waals surface area contributed by atoms with Gasteiger partial charge in [-0.2, -0.15) is 5.10 Å². The topological polar surface area (TPSA) is 136 Å². The summed E-state index contributed by atoms with van der Waals surface area (Å²) in [5.41, 5.74) is 9.91. The third kappa shape index (κ3) is 3.66. The van der Waals surface area contributed by atoms with Crippen LogP contribution in [-0.4, -0.2) is 34.5 Å². The molecule has 9 nitrogen and oxygen atoms in total. The number of ether oxygens (including phenoxy) is 1. The number of aryl methyl sites for hydroxylation is 1. The highest BCUT2D eigenvalue weighted by Gasteiger charge is 2.30. The second-order valence-electron chi connectivity index (χ2n) is 8.19. The smallest absolute Gasteiger partial charge is 0.341 e. The minimum Gasteiger partial charge on any atom is -0.494 e.